The van der Waals surface area contributed by atoms with Gasteiger partial charge in [-0.15, -0.1) is 0 Å². The summed E-state index contributed by atoms with van der Waals surface area (Å²) < 4.78 is 27.5. The standard InChI is InChI=1S/C16H20N2O4S/c19-15-10-11-16(20)18(15)13-6-8-14(9-7-13)23(21,22)17-12-4-2-1-3-5-12/h6-9,12,17H,1-5,10-11H2. The van der Waals surface area contributed by atoms with E-state index in [-0.39, 0.29) is 35.6 Å². The van der Waals surface area contributed by atoms with E-state index in [0.29, 0.717) is 5.69 Å². The number of nitrogens with zero attached hydrogens (tertiary/aromatic N) is 1. The predicted molar refractivity (Wildman–Crippen MR) is 85.4 cm³/mol. The largest absolute Gasteiger partial charge is 0.274 e. The van der Waals surface area contributed by atoms with E-state index in [9.17, 15) is 18.0 Å². The van der Waals surface area contributed by atoms with Crippen LogP contribution in [0.2, 0.25) is 0 Å². The molecule has 1 saturated heterocycles. The van der Waals surface area contributed by atoms with Gasteiger partial charge in [-0.1, -0.05) is 19.3 Å². The molecule has 7 heteroatoms. The molecule has 6 nitrogen and oxygen atoms in total. The van der Waals surface area contributed by atoms with Crippen LogP contribution in [0.5, 0.6) is 0 Å². The molecule has 1 saturated carbocycles. The van der Waals surface area contributed by atoms with Crippen LogP contribution < -0.4 is 9.62 Å². The minimum Gasteiger partial charge on any atom is -0.274 e. The van der Waals surface area contributed by atoms with Crippen molar-refractivity contribution in [1.82, 2.24) is 4.72 Å². The molecule has 23 heavy (non-hydrogen) atoms. The first-order valence-corrected chi connectivity index (χ1v) is 9.44. The van der Waals surface area contributed by atoms with E-state index in [1.807, 2.05) is 0 Å². The van der Waals surface area contributed by atoms with Crippen molar-refractivity contribution in [3.63, 3.8) is 0 Å². The molecular weight excluding hydrogens is 316 g/mol. The number of carbonyl (C=O) groups excluding carboxylic acids is 2. The number of carbonyl (C=O) groups is 2. The lowest BCUT2D eigenvalue weighted by molar-refractivity contribution is -0.121. The van der Waals surface area contributed by atoms with E-state index >= 15 is 0 Å². The van der Waals surface area contributed by atoms with Gasteiger partial charge in [0.05, 0.1) is 10.6 Å². The Balaban J connectivity index is 1.75. The summed E-state index contributed by atoms with van der Waals surface area (Å²) in [6.45, 7) is 0. The molecule has 124 valence electrons. The van der Waals surface area contributed by atoms with E-state index < -0.39 is 10.0 Å². The van der Waals surface area contributed by atoms with Gasteiger partial charge in [-0.25, -0.2) is 13.1 Å². The molecule has 1 aromatic rings. The van der Waals surface area contributed by atoms with Crippen molar-refractivity contribution < 1.29 is 18.0 Å². The van der Waals surface area contributed by atoms with Crippen LogP contribution in [0.4, 0.5) is 5.69 Å². The highest BCUT2D eigenvalue weighted by Gasteiger charge is 2.30. The van der Waals surface area contributed by atoms with Crippen LogP contribution in [0.1, 0.15) is 44.9 Å². The minimum atomic E-state index is -3.57. The zero-order valence-electron chi connectivity index (χ0n) is 12.8. The molecule has 1 heterocycles. The predicted octanol–water partition coefficient (Wildman–Crippen LogP) is 1.95. The third-order valence-corrected chi connectivity index (χ3v) is 5.92. The van der Waals surface area contributed by atoms with Gasteiger partial charge in [0.2, 0.25) is 21.8 Å². The van der Waals surface area contributed by atoms with E-state index in [1.165, 1.54) is 24.3 Å². The van der Waals surface area contributed by atoms with Crippen molar-refractivity contribution in [2.45, 2.75) is 55.9 Å². The maximum absolute atomic E-state index is 12.4. The second-order valence-corrected chi connectivity index (χ2v) is 7.79. The number of benzene rings is 1. The van der Waals surface area contributed by atoms with Crippen molar-refractivity contribution >= 4 is 27.5 Å². The van der Waals surface area contributed by atoms with Gasteiger partial charge < -0.3 is 0 Å². The van der Waals surface area contributed by atoms with Gasteiger partial charge >= 0.3 is 0 Å². The zero-order chi connectivity index (χ0) is 16.4. The summed E-state index contributed by atoms with van der Waals surface area (Å²) in [5.41, 5.74) is 0.425. The number of imide groups is 1. The average Bonchev–Trinajstić information content (AvgIpc) is 2.87. The normalized spacial score (nSPS) is 20.3. The smallest absolute Gasteiger partial charge is 0.240 e. The highest BCUT2D eigenvalue weighted by molar-refractivity contribution is 7.89. The highest BCUT2D eigenvalue weighted by atomic mass is 32.2. The van der Waals surface area contributed by atoms with Crippen molar-refractivity contribution in [2.75, 3.05) is 4.90 Å². The van der Waals surface area contributed by atoms with Crippen molar-refractivity contribution in [3.05, 3.63) is 24.3 Å². The molecule has 0 aromatic heterocycles. The molecule has 0 bridgehead atoms. The van der Waals surface area contributed by atoms with E-state index in [4.69, 9.17) is 0 Å². The lowest BCUT2D eigenvalue weighted by Gasteiger charge is -2.22. The lowest BCUT2D eigenvalue weighted by atomic mass is 9.96. The number of sulfonamides is 1. The summed E-state index contributed by atoms with van der Waals surface area (Å²) in [4.78, 5) is 24.7. The quantitative estimate of drug-likeness (QED) is 0.852. The van der Waals surface area contributed by atoms with E-state index in [1.54, 1.807) is 0 Å². The van der Waals surface area contributed by atoms with Crippen molar-refractivity contribution in [1.29, 1.82) is 0 Å². The SMILES string of the molecule is O=C1CCC(=O)N1c1ccc(S(=O)(=O)NC2CCCCC2)cc1. The van der Waals surface area contributed by atoms with Gasteiger partial charge in [-0.3, -0.25) is 14.5 Å². The van der Waals surface area contributed by atoms with Crippen LogP contribution in [0.15, 0.2) is 29.2 Å². The summed E-state index contributed by atoms with van der Waals surface area (Å²) in [5, 5.41) is 0. The first-order valence-electron chi connectivity index (χ1n) is 7.95. The summed E-state index contributed by atoms with van der Waals surface area (Å²) in [6.07, 6.45) is 5.41. The molecule has 1 aromatic carbocycles. The van der Waals surface area contributed by atoms with Gasteiger partial charge in [-0.2, -0.15) is 0 Å². The molecule has 1 aliphatic heterocycles. The minimum absolute atomic E-state index is 0.00448. The Bertz CT molecular complexity index is 690. The Morgan fingerprint density at radius 2 is 1.48 bits per heavy atom. The molecule has 2 fully saturated rings. The third-order valence-electron chi connectivity index (χ3n) is 4.38. The average molecular weight is 336 g/mol. The molecule has 1 aliphatic carbocycles. The molecule has 2 aliphatic rings. The number of rotatable bonds is 4. The van der Waals surface area contributed by atoms with Gasteiger partial charge in [0.25, 0.3) is 0 Å². The van der Waals surface area contributed by atoms with Gasteiger partial charge in [0.1, 0.15) is 0 Å². The Morgan fingerprint density at radius 1 is 0.913 bits per heavy atom. The van der Waals surface area contributed by atoms with Gasteiger partial charge in [0.15, 0.2) is 0 Å². The molecule has 0 radical (unpaired) electrons. The maximum atomic E-state index is 12.4. The second kappa shape index (κ2) is 6.41. The van der Waals surface area contributed by atoms with Crippen LogP contribution in [-0.4, -0.2) is 26.3 Å². The first kappa shape index (κ1) is 16.1. The van der Waals surface area contributed by atoms with Crippen molar-refractivity contribution in [2.24, 2.45) is 0 Å². The summed E-state index contributed by atoms with van der Waals surface area (Å²) in [7, 11) is -3.57. The zero-order valence-corrected chi connectivity index (χ0v) is 13.6. The molecule has 2 amide bonds. The van der Waals surface area contributed by atoms with Crippen LogP contribution in [-0.2, 0) is 19.6 Å². The Morgan fingerprint density at radius 3 is 2.04 bits per heavy atom. The molecule has 0 spiro atoms. The molecule has 1 N–H and O–H groups in total. The third kappa shape index (κ3) is 3.45. The Kier molecular flexibility index (Phi) is 4.50. The molecule has 0 atom stereocenters. The Labute approximate surface area is 135 Å². The first-order chi connectivity index (χ1) is 11.0. The van der Waals surface area contributed by atoms with E-state index in [2.05, 4.69) is 4.72 Å². The second-order valence-electron chi connectivity index (χ2n) is 6.07. The molecular formula is C16H20N2O4S. The number of amides is 2. The fourth-order valence-corrected chi connectivity index (χ4v) is 4.45. The van der Waals surface area contributed by atoms with Crippen LogP contribution in [0, 0.1) is 0 Å². The van der Waals surface area contributed by atoms with Crippen LogP contribution in [0.25, 0.3) is 0 Å². The number of hydrogen-bond acceptors (Lipinski definition) is 4. The maximum Gasteiger partial charge on any atom is 0.240 e. The van der Waals surface area contributed by atoms with Gasteiger partial charge in [-0.05, 0) is 37.1 Å². The number of nitrogens with one attached hydrogen (secondary N) is 1. The lowest BCUT2D eigenvalue weighted by Crippen LogP contribution is -2.36. The summed E-state index contributed by atoms with van der Waals surface area (Å²) >= 11 is 0. The topological polar surface area (TPSA) is 83.6 Å². The van der Waals surface area contributed by atoms with Crippen LogP contribution >= 0.6 is 0 Å². The van der Waals surface area contributed by atoms with E-state index in [0.717, 1.165) is 37.0 Å². The number of hydrogen-bond donors (Lipinski definition) is 1. The van der Waals surface area contributed by atoms with Gasteiger partial charge in [0, 0.05) is 18.9 Å². The molecule has 0 unspecified atom stereocenters. The van der Waals surface area contributed by atoms with Crippen LogP contribution in [0.3, 0.4) is 0 Å². The number of anilines is 1. The highest BCUT2D eigenvalue weighted by Crippen LogP contribution is 2.25. The summed E-state index contributed by atoms with van der Waals surface area (Å²) in [5.74, 6) is -0.489. The van der Waals surface area contributed by atoms with Crippen molar-refractivity contribution in [3.8, 4) is 0 Å². The Hall–Kier alpha value is -1.73. The fraction of sp³-hybridized carbons (Fsp3) is 0.500. The monoisotopic (exact) mass is 336 g/mol. The summed E-state index contributed by atoms with van der Waals surface area (Å²) in [6, 6.07) is 5.90. The molecule has 3 rings (SSSR count). The fourth-order valence-electron chi connectivity index (χ4n) is 3.15.